The molecule has 0 saturated heterocycles. The van der Waals surface area contributed by atoms with E-state index in [1.807, 2.05) is 5.32 Å². The molecule has 1 aromatic rings. The average Bonchev–Trinajstić information content (AvgIpc) is 2.51. The second-order valence-corrected chi connectivity index (χ2v) is 5.68. The number of nitrogens with one attached hydrogen (secondary N) is 2. The van der Waals surface area contributed by atoms with E-state index in [0.717, 1.165) is 19.3 Å². The quantitative estimate of drug-likeness (QED) is 0.585. The molecule has 23 heavy (non-hydrogen) atoms. The third kappa shape index (κ3) is 4.44. The van der Waals surface area contributed by atoms with Crippen LogP contribution in [0.1, 0.15) is 32.1 Å². The number of benzene rings is 1. The molecule has 3 N–H and O–H groups in total. The fraction of sp³-hybridized carbons (Fsp3) is 0.467. The van der Waals surface area contributed by atoms with Crippen molar-refractivity contribution in [3.8, 4) is 0 Å². The van der Waals surface area contributed by atoms with E-state index < -0.39 is 34.9 Å². The van der Waals surface area contributed by atoms with Crippen LogP contribution in [0.5, 0.6) is 0 Å². The van der Waals surface area contributed by atoms with Gasteiger partial charge in [0.1, 0.15) is 0 Å². The highest BCUT2D eigenvalue weighted by Crippen LogP contribution is 2.27. The maximum absolute atomic E-state index is 13.0. The van der Waals surface area contributed by atoms with Crippen molar-refractivity contribution in [1.82, 2.24) is 5.32 Å². The summed E-state index contributed by atoms with van der Waals surface area (Å²) in [5.74, 6) is -6.81. The molecule has 0 atom stereocenters. The molecule has 126 valence electrons. The summed E-state index contributed by atoms with van der Waals surface area (Å²) in [5.41, 5.74) is -1.42. The largest absolute Gasteiger partial charge is 0.388 e. The normalized spacial score (nSPS) is 16.7. The van der Waals surface area contributed by atoms with E-state index in [9.17, 15) is 27.9 Å². The van der Waals surface area contributed by atoms with E-state index in [4.69, 9.17) is 0 Å². The number of hydrogen-bond acceptors (Lipinski definition) is 3. The minimum Gasteiger partial charge on any atom is -0.388 e. The van der Waals surface area contributed by atoms with Gasteiger partial charge in [-0.2, -0.15) is 0 Å². The monoisotopic (exact) mass is 330 g/mol. The minimum absolute atomic E-state index is 0.0780. The number of halogens is 3. The van der Waals surface area contributed by atoms with Crippen molar-refractivity contribution in [3.63, 3.8) is 0 Å². The SMILES string of the molecule is O=C(NCC1(O)CCCCC1)C(=O)Nc1cc(F)c(F)c(F)c1. The zero-order chi connectivity index (χ0) is 17.0. The summed E-state index contributed by atoms with van der Waals surface area (Å²) < 4.78 is 38.9. The van der Waals surface area contributed by atoms with Crippen LogP contribution in [0.4, 0.5) is 18.9 Å². The standard InChI is InChI=1S/C15H17F3N2O3/c16-10-6-9(7-11(17)12(10)18)20-14(22)13(21)19-8-15(23)4-2-1-3-5-15/h6-7,23H,1-5,8H2,(H,19,21)(H,20,22). The highest BCUT2D eigenvalue weighted by Gasteiger charge is 2.30. The van der Waals surface area contributed by atoms with Crippen LogP contribution in [0.2, 0.25) is 0 Å². The predicted molar refractivity (Wildman–Crippen MR) is 76.0 cm³/mol. The molecule has 0 heterocycles. The zero-order valence-corrected chi connectivity index (χ0v) is 12.3. The topological polar surface area (TPSA) is 78.4 Å². The van der Waals surface area contributed by atoms with Gasteiger partial charge in [0.25, 0.3) is 0 Å². The van der Waals surface area contributed by atoms with Crippen LogP contribution in [0, 0.1) is 17.5 Å². The summed E-state index contributed by atoms with van der Waals surface area (Å²) in [6, 6.07) is 1.14. The Morgan fingerprint density at radius 3 is 2.17 bits per heavy atom. The first-order valence-corrected chi connectivity index (χ1v) is 7.27. The number of amides is 2. The first-order chi connectivity index (χ1) is 10.8. The number of rotatable bonds is 3. The zero-order valence-electron chi connectivity index (χ0n) is 12.3. The lowest BCUT2D eigenvalue weighted by Gasteiger charge is -2.31. The molecular formula is C15H17F3N2O3. The molecule has 2 amide bonds. The number of carbonyl (C=O) groups excluding carboxylic acids is 2. The molecule has 1 saturated carbocycles. The molecule has 0 aliphatic heterocycles. The number of hydrogen-bond donors (Lipinski definition) is 3. The molecular weight excluding hydrogens is 313 g/mol. The number of carbonyl (C=O) groups is 2. The summed E-state index contributed by atoms with van der Waals surface area (Å²) in [4.78, 5) is 23.3. The van der Waals surface area contributed by atoms with Crippen LogP contribution < -0.4 is 10.6 Å². The first-order valence-electron chi connectivity index (χ1n) is 7.27. The lowest BCUT2D eigenvalue weighted by Crippen LogP contribution is -2.47. The summed E-state index contributed by atoms with van der Waals surface area (Å²) in [5, 5.41) is 14.5. The van der Waals surface area contributed by atoms with Gasteiger partial charge in [0.15, 0.2) is 17.5 Å². The number of anilines is 1. The molecule has 0 radical (unpaired) electrons. The van der Waals surface area contributed by atoms with Gasteiger partial charge >= 0.3 is 11.8 Å². The van der Waals surface area contributed by atoms with Gasteiger partial charge in [-0.3, -0.25) is 9.59 Å². The number of aliphatic hydroxyl groups is 1. The molecule has 8 heteroatoms. The second kappa shape index (κ2) is 6.99. The maximum atomic E-state index is 13.0. The van der Waals surface area contributed by atoms with Crippen LogP contribution in [-0.4, -0.2) is 29.1 Å². The second-order valence-electron chi connectivity index (χ2n) is 5.68. The Hall–Kier alpha value is -2.09. The Balaban J connectivity index is 1.91. The third-order valence-corrected chi connectivity index (χ3v) is 3.81. The van der Waals surface area contributed by atoms with Gasteiger partial charge < -0.3 is 15.7 Å². The molecule has 0 spiro atoms. The molecule has 1 fully saturated rings. The van der Waals surface area contributed by atoms with Crippen LogP contribution in [0.25, 0.3) is 0 Å². The Morgan fingerprint density at radius 2 is 1.61 bits per heavy atom. The van der Waals surface area contributed by atoms with E-state index in [2.05, 4.69) is 5.32 Å². The lowest BCUT2D eigenvalue weighted by atomic mass is 9.85. The Kier molecular flexibility index (Phi) is 5.25. The average molecular weight is 330 g/mol. The van der Waals surface area contributed by atoms with E-state index in [0.29, 0.717) is 25.0 Å². The highest BCUT2D eigenvalue weighted by atomic mass is 19.2. The molecule has 0 unspecified atom stereocenters. The van der Waals surface area contributed by atoms with Crippen molar-refractivity contribution < 1.29 is 27.9 Å². The van der Waals surface area contributed by atoms with Crippen molar-refractivity contribution in [1.29, 1.82) is 0 Å². The van der Waals surface area contributed by atoms with E-state index in [-0.39, 0.29) is 12.2 Å². The molecule has 1 aromatic carbocycles. The molecule has 1 aliphatic rings. The van der Waals surface area contributed by atoms with Crippen molar-refractivity contribution >= 4 is 17.5 Å². The van der Waals surface area contributed by atoms with Gasteiger partial charge in [-0.25, -0.2) is 13.2 Å². The van der Waals surface area contributed by atoms with Crippen molar-refractivity contribution in [2.75, 3.05) is 11.9 Å². The molecule has 1 aliphatic carbocycles. The summed E-state index contributed by atoms with van der Waals surface area (Å²) in [7, 11) is 0. The highest BCUT2D eigenvalue weighted by molar-refractivity contribution is 6.39. The minimum atomic E-state index is -1.66. The van der Waals surface area contributed by atoms with Crippen LogP contribution in [0.15, 0.2) is 12.1 Å². The van der Waals surface area contributed by atoms with Gasteiger partial charge in [-0.1, -0.05) is 19.3 Å². The van der Waals surface area contributed by atoms with Crippen molar-refractivity contribution in [3.05, 3.63) is 29.6 Å². The molecule has 2 rings (SSSR count). The van der Waals surface area contributed by atoms with Gasteiger partial charge in [0, 0.05) is 24.4 Å². The van der Waals surface area contributed by atoms with Crippen LogP contribution in [-0.2, 0) is 9.59 Å². The Bertz CT molecular complexity index is 593. The van der Waals surface area contributed by atoms with Gasteiger partial charge in [-0.15, -0.1) is 0 Å². The van der Waals surface area contributed by atoms with E-state index in [1.54, 1.807) is 0 Å². The molecule has 0 bridgehead atoms. The summed E-state index contributed by atoms with van der Waals surface area (Å²) in [6.45, 7) is -0.0780. The third-order valence-electron chi connectivity index (χ3n) is 3.81. The Labute approximate surface area is 130 Å². The fourth-order valence-electron chi connectivity index (χ4n) is 2.53. The first kappa shape index (κ1) is 17.3. The summed E-state index contributed by atoms with van der Waals surface area (Å²) in [6.07, 6.45) is 3.75. The smallest absolute Gasteiger partial charge is 0.313 e. The maximum Gasteiger partial charge on any atom is 0.313 e. The van der Waals surface area contributed by atoms with Crippen molar-refractivity contribution in [2.45, 2.75) is 37.7 Å². The molecule has 0 aromatic heterocycles. The van der Waals surface area contributed by atoms with Crippen molar-refractivity contribution in [2.24, 2.45) is 0 Å². The van der Waals surface area contributed by atoms with E-state index >= 15 is 0 Å². The summed E-state index contributed by atoms with van der Waals surface area (Å²) >= 11 is 0. The van der Waals surface area contributed by atoms with Gasteiger partial charge in [-0.05, 0) is 12.8 Å². The van der Waals surface area contributed by atoms with Crippen LogP contribution >= 0.6 is 0 Å². The Morgan fingerprint density at radius 1 is 1.04 bits per heavy atom. The fourth-order valence-corrected chi connectivity index (χ4v) is 2.53. The van der Waals surface area contributed by atoms with Gasteiger partial charge in [0.05, 0.1) is 5.60 Å². The van der Waals surface area contributed by atoms with E-state index in [1.165, 1.54) is 0 Å². The van der Waals surface area contributed by atoms with Gasteiger partial charge in [0.2, 0.25) is 0 Å². The lowest BCUT2D eigenvalue weighted by molar-refractivity contribution is -0.137. The molecule has 5 nitrogen and oxygen atoms in total. The van der Waals surface area contributed by atoms with Crippen LogP contribution in [0.3, 0.4) is 0 Å². The predicted octanol–water partition coefficient (Wildman–Crippen LogP) is 1.85.